The fraction of sp³-hybridized carbons (Fsp3) is 0. The number of hydrogen-bond acceptors (Lipinski definition) is 2. The van der Waals surface area contributed by atoms with Crippen molar-refractivity contribution in [3.8, 4) is 0 Å². The van der Waals surface area contributed by atoms with Crippen LogP contribution >= 0.6 is 11.6 Å². The van der Waals surface area contributed by atoms with Crippen molar-refractivity contribution < 1.29 is 9.90 Å². The van der Waals surface area contributed by atoms with Gasteiger partial charge in [-0.1, -0.05) is 35.9 Å². The van der Waals surface area contributed by atoms with Gasteiger partial charge >= 0.3 is 5.97 Å². The zero-order chi connectivity index (χ0) is 14.8. The first-order valence-electron chi connectivity index (χ1n) is 6.29. The minimum atomic E-state index is -0.986. The fourth-order valence-corrected chi connectivity index (χ4v) is 2.18. The molecule has 0 fully saturated rings. The molecular weight excluding hydrogens is 288 g/mol. The van der Waals surface area contributed by atoms with Crippen LogP contribution in [0.2, 0.25) is 5.02 Å². The number of para-hydroxylation sites is 1. The van der Waals surface area contributed by atoms with Crippen molar-refractivity contribution in [1.82, 2.24) is 9.97 Å². The van der Waals surface area contributed by atoms with Gasteiger partial charge in [0.2, 0.25) is 0 Å². The molecular formula is C16H11ClN2O2. The zero-order valence-electron chi connectivity index (χ0n) is 10.9. The summed E-state index contributed by atoms with van der Waals surface area (Å²) in [6.07, 6.45) is 3.68. The van der Waals surface area contributed by atoms with Crippen molar-refractivity contribution >= 4 is 40.8 Å². The Bertz CT molecular complexity index is 835. The highest BCUT2D eigenvalue weighted by atomic mass is 35.5. The largest absolute Gasteiger partial charge is 0.478 e. The van der Waals surface area contributed by atoms with E-state index in [2.05, 4.69) is 9.97 Å². The molecule has 2 aromatic carbocycles. The molecule has 0 radical (unpaired) electrons. The molecule has 0 unspecified atom stereocenters. The molecule has 104 valence electrons. The maximum atomic E-state index is 11.2. The summed E-state index contributed by atoms with van der Waals surface area (Å²) >= 11 is 5.83. The average Bonchev–Trinajstić information content (AvgIpc) is 2.89. The first-order chi connectivity index (χ1) is 10.1. The summed E-state index contributed by atoms with van der Waals surface area (Å²) in [7, 11) is 0. The average molecular weight is 299 g/mol. The van der Waals surface area contributed by atoms with E-state index < -0.39 is 5.97 Å². The third-order valence-corrected chi connectivity index (χ3v) is 3.32. The molecule has 4 nitrogen and oxygen atoms in total. The minimum Gasteiger partial charge on any atom is -0.478 e. The minimum absolute atomic E-state index is 0.190. The van der Waals surface area contributed by atoms with Crippen LogP contribution in [0.5, 0.6) is 0 Å². The molecule has 3 aromatic rings. The van der Waals surface area contributed by atoms with Crippen LogP contribution in [0.15, 0.2) is 42.5 Å². The van der Waals surface area contributed by atoms with Gasteiger partial charge in [-0.05, 0) is 35.9 Å². The second-order valence-corrected chi connectivity index (χ2v) is 4.95. The number of carbonyl (C=O) groups is 1. The molecule has 1 aromatic heterocycles. The molecule has 2 N–H and O–H groups in total. The molecule has 0 aliphatic rings. The fourth-order valence-electron chi connectivity index (χ4n) is 2.05. The van der Waals surface area contributed by atoms with Crippen molar-refractivity contribution in [2.24, 2.45) is 0 Å². The van der Waals surface area contributed by atoms with Crippen molar-refractivity contribution in [3.63, 3.8) is 0 Å². The smallest absolute Gasteiger partial charge is 0.337 e. The number of imidazole rings is 1. The van der Waals surface area contributed by atoms with Crippen LogP contribution in [0, 0.1) is 0 Å². The molecule has 3 rings (SSSR count). The summed E-state index contributed by atoms with van der Waals surface area (Å²) in [4.78, 5) is 18.6. The van der Waals surface area contributed by atoms with Crippen molar-refractivity contribution in [2.75, 3.05) is 0 Å². The Labute approximate surface area is 125 Å². The summed E-state index contributed by atoms with van der Waals surface area (Å²) in [5.41, 5.74) is 2.33. The molecule has 0 saturated heterocycles. The molecule has 0 atom stereocenters. The van der Waals surface area contributed by atoms with Crippen LogP contribution in [0.25, 0.3) is 23.2 Å². The van der Waals surface area contributed by atoms with Crippen LogP contribution in [0.4, 0.5) is 0 Å². The highest BCUT2D eigenvalue weighted by Gasteiger charge is 2.11. The lowest BCUT2D eigenvalue weighted by Crippen LogP contribution is -1.96. The van der Waals surface area contributed by atoms with E-state index in [9.17, 15) is 4.79 Å². The number of nitrogens with one attached hydrogen (secondary N) is 1. The number of carboxylic acid groups (broad SMARTS) is 1. The summed E-state index contributed by atoms with van der Waals surface area (Å²) in [6.45, 7) is 0. The second kappa shape index (κ2) is 5.42. The van der Waals surface area contributed by atoms with Gasteiger partial charge in [0.25, 0.3) is 0 Å². The topological polar surface area (TPSA) is 66.0 Å². The van der Waals surface area contributed by atoms with Gasteiger partial charge in [0, 0.05) is 5.02 Å². The first-order valence-corrected chi connectivity index (χ1v) is 6.67. The standard InChI is InChI=1S/C16H11ClN2O2/c17-11-7-4-10(5-8-11)6-9-14-18-13-3-1-2-12(16(20)21)15(13)19-14/h1-9H,(H,18,19)(H,20,21). The number of halogens is 1. The molecule has 21 heavy (non-hydrogen) atoms. The number of benzene rings is 2. The number of fused-ring (bicyclic) bond motifs is 1. The Morgan fingerprint density at radius 2 is 1.90 bits per heavy atom. The van der Waals surface area contributed by atoms with E-state index in [-0.39, 0.29) is 5.56 Å². The lowest BCUT2D eigenvalue weighted by atomic mass is 10.2. The maximum Gasteiger partial charge on any atom is 0.337 e. The summed E-state index contributed by atoms with van der Waals surface area (Å²) < 4.78 is 0. The van der Waals surface area contributed by atoms with E-state index in [1.54, 1.807) is 18.2 Å². The van der Waals surface area contributed by atoms with Crippen molar-refractivity contribution in [2.45, 2.75) is 0 Å². The van der Waals surface area contributed by atoms with E-state index >= 15 is 0 Å². The van der Waals surface area contributed by atoms with Crippen molar-refractivity contribution in [1.29, 1.82) is 0 Å². The number of H-pyrrole nitrogens is 1. The van der Waals surface area contributed by atoms with Crippen LogP contribution in [-0.4, -0.2) is 21.0 Å². The van der Waals surface area contributed by atoms with Gasteiger partial charge in [0.1, 0.15) is 11.3 Å². The number of aromatic amines is 1. The molecule has 0 aliphatic heterocycles. The Hall–Kier alpha value is -2.59. The number of rotatable bonds is 3. The monoisotopic (exact) mass is 298 g/mol. The summed E-state index contributed by atoms with van der Waals surface area (Å²) in [5, 5.41) is 9.82. The van der Waals surface area contributed by atoms with Gasteiger partial charge < -0.3 is 10.1 Å². The second-order valence-electron chi connectivity index (χ2n) is 4.51. The quantitative estimate of drug-likeness (QED) is 0.765. The number of aromatic carboxylic acids is 1. The molecule has 0 aliphatic carbocycles. The molecule has 0 saturated carbocycles. The van der Waals surface area contributed by atoms with Crippen LogP contribution in [0.3, 0.4) is 0 Å². The van der Waals surface area contributed by atoms with E-state index in [1.807, 2.05) is 30.3 Å². The lowest BCUT2D eigenvalue weighted by Gasteiger charge is -1.93. The lowest BCUT2D eigenvalue weighted by molar-refractivity contribution is 0.0699. The molecule has 0 amide bonds. The molecule has 0 bridgehead atoms. The summed E-state index contributed by atoms with van der Waals surface area (Å²) in [5.74, 6) is -0.381. The van der Waals surface area contributed by atoms with E-state index in [4.69, 9.17) is 16.7 Å². The van der Waals surface area contributed by atoms with Crippen LogP contribution in [-0.2, 0) is 0 Å². The van der Waals surface area contributed by atoms with Gasteiger partial charge in [-0.25, -0.2) is 9.78 Å². The molecule has 0 spiro atoms. The van der Waals surface area contributed by atoms with Gasteiger partial charge in [-0.3, -0.25) is 0 Å². The van der Waals surface area contributed by atoms with Crippen molar-refractivity contribution in [3.05, 3.63) is 64.4 Å². The maximum absolute atomic E-state index is 11.2. The Kier molecular flexibility index (Phi) is 3.46. The van der Waals surface area contributed by atoms with Gasteiger partial charge in [-0.2, -0.15) is 0 Å². The number of nitrogens with zero attached hydrogens (tertiary/aromatic N) is 1. The van der Waals surface area contributed by atoms with Gasteiger partial charge in [-0.15, -0.1) is 0 Å². The summed E-state index contributed by atoms with van der Waals surface area (Å²) in [6, 6.07) is 12.4. The molecule has 5 heteroatoms. The van der Waals surface area contributed by atoms with Gasteiger partial charge in [0.05, 0.1) is 11.1 Å². The van der Waals surface area contributed by atoms with Crippen LogP contribution < -0.4 is 0 Å². The Balaban J connectivity index is 1.96. The highest BCUT2D eigenvalue weighted by Crippen LogP contribution is 2.18. The van der Waals surface area contributed by atoms with E-state index in [0.29, 0.717) is 21.9 Å². The third kappa shape index (κ3) is 2.80. The Morgan fingerprint density at radius 1 is 1.14 bits per heavy atom. The van der Waals surface area contributed by atoms with E-state index in [0.717, 1.165) is 5.56 Å². The number of carboxylic acids is 1. The SMILES string of the molecule is O=C(O)c1cccc2[nH]c(C=Cc3ccc(Cl)cc3)nc12. The Morgan fingerprint density at radius 3 is 2.62 bits per heavy atom. The predicted molar refractivity (Wildman–Crippen MR) is 83.4 cm³/mol. The van der Waals surface area contributed by atoms with E-state index in [1.165, 1.54) is 6.07 Å². The number of hydrogen-bond donors (Lipinski definition) is 2. The number of aromatic nitrogens is 2. The highest BCUT2D eigenvalue weighted by molar-refractivity contribution is 6.30. The normalized spacial score (nSPS) is 11.3. The van der Waals surface area contributed by atoms with Crippen LogP contribution in [0.1, 0.15) is 21.7 Å². The third-order valence-electron chi connectivity index (χ3n) is 3.07. The molecule has 1 heterocycles. The van der Waals surface area contributed by atoms with Gasteiger partial charge in [0.15, 0.2) is 0 Å². The zero-order valence-corrected chi connectivity index (χ0v) is 11.6. The first kappa shape index (κ1) is 13.4. The predicted octanol–water partition coefficient (Wildman–Crippen LogP) is 4.08.